The fourth-order valence-electron chi connectivity index (χ4n) is 2.94. The van der Waals surface area contributed by atoms with Crippen molar-refractivity contribution >= 4 is 40.5 Å². The predicted octanol–water partition coefficient (Wildman–Crippen LogP) is 5.62. The topological polar surface area (TPSA) is 104 Å². The summed E-state index contributed by atoms with van der Waals surface area (Å²) in [6.07, 6.45) is 3.22. The van der Waals surface area contributed by atoms with Crippen LogP contribution in [0.5, 0.6) is 0 Å². The number of benzene rings is 2. The van der Waals surface area contributed by atoms with Crippen LogP contribution in [0.15, 0.2) is 79.3 Å². The SMILES string of the molecule is Cc1ccc(NC(=O)Nc2ccc(Nc3cc(Nc4cc(C)ccn4)ncn3)cc2)cc1. The van der Waals surface area contributed by atoms with Crippen LogP contribution in [-0.4, -0.2) is 21.0 Å². The Morgan fingerprint density at radius 2 is 1.19 bits per heavy atom. The maximum absolute atomic E-state index is 12.2. The number of aromatic nitrogens is 3. The lowest BCUT2D eigenvalue weighted by Crippen LogP contribution is -2.19. The Morgan fingerprint density at radius 3 is 1.84 bits per heavy atom. The van der Waals surface area contributed by atoms with E-state index in [1.807, 2.05) is 74.5 Å². The molecular weight excluding hydrogens is 402 g/mol. The van der Waals surface area contributed by atoms with Gasteiger partial charge in [-0.25, -0.2) is 19.7 Å². The van der Waals surface area contributed by atoms with Gasteiger partial charge in [0.05, 0.1) is 0 Å². The van der Waals surface area contributed by atoms with E-state index in [-0.39, 0.29) is 6.03 Å². The molecule has 0 aliphatic carbocycles. The molecular formula is C24H23N7O. The third-order valence-corrected chi connectivity index (χ3v) is 4.56. The van der Waals surface area contributed by atoms with Crippen LogP contribution in [0.2, 0.25) is 0 Å². The van der Waals surface area contributed by atoms with Gasteiger partial charge in [-0.15, -0.1) is 0 Å². The zero-order valence-electron chi connectivity index (χ0n) is 17.8. The standard InChI is InChI=1S/C24H23N7O/c1-16-3-5-19(6-4-16)29-24(32)30-20-9-7-18(8-10-20)28-22-14-23(27-15-26-22)31-21-13-17(2)11-12-25-21/h3-15H,1-2H3,(H2,29,30,32)(H2,25,26,27,28,31). The van der Waals surface area contributed by atoms with E-state index in [2.05, 4.69) is 36.2 Å². The van der Waals surface area contributed by atoms with Gasteiger partial charge in [-0.05, 0) is 67.9 Å². The van der Waals surface area contributed by atoms with E-state index in [1.54, 1.807) is 12.3 Å². The number of carbonyl (C=O) groups excluding carboxylic acids is 1. The summed E-state index contributed by atoms with van der Waals surface area (Å²) < 4.78 is 0. The molecule has 2 amide bonds. The number of anilines is 6. The van der Waals surface area contributed by atoms with E-state index in [0.717, 1.165) is 22.5 Å². The summed E-state index contributed by atoms with van der Waals surface area (Å²) in [5, 5.41) is 12.0. The Kier molecular flexibility index (Phi) is 6.22. The van der Waals surface area contributed by atoms with E-state index in [9.17, 15) is 4.79 Å². The third-order valence-electron chi connectivity index (χ3n) is 4.56. The molecule has 4 rings (SSSR count). The zero-order valence-corrected chi connectivity index (χ0v) is 17.8. The second-order valence-corrected chi connectivity index (χ2v) is 7.28. The van der Waals surface area contributed by atoms with Gasteiger partial charge in [0.15, 0.2) is 0 Å². The first-order chi connectivity index (χ1) is 15.5. The molecule has 0 radical (unpaired) electrons. The highest BCUT2D eigenvalue weighted by Gasteiger charge is 2.05. The van der Waals surface area contributed by atoms with Gasteiger partial charge >= 0.3 is 6.03 Å². The van der Waals surface area contributed by atoms with Gasteiger partial charge in [0.2, 0.25) is 0 Å². The number of pyridine rings is 1. The molecule has 0 atom stereocenters. The molecule has 160 valence electrons. The minimum absolute atomic E-state index is 0.300. The lowest BCUT2D eigenvalue weighted by Gasteiger charge is -2.10. The van der Waals surface area contributed by atoms with E-state index in [1.165, 1.54) is 6.33 Å². The second kappa shape index (κ2) is 9.57. The number of nitrogens with one attached hydrogen (secondary N) is 4. The van der Waals surface area contributed by atoms with Crippen LogP contribution in [0.1, 0.15) is 11.1 Å². The number of nitrogens with zero attached hydrogens (tertiary/aromatic N) is 3. The maximum Gasteiger partial charge on any atom is 0.323 e. The van der Waals surface area contributed by atoms with Gasteiger partial charge in [-0.3, -0.25) is 0 Å². The van der Waals surface area contributed by atoms with E-state index >= 15 is 0 Å². The molecule has 4 aromatic rings. The molecule has 4 N–H and O–H groups in total. The van der Waals surface area contributed by atoms with Gasteiger partial charge in [0.1, 0.15) is 23.8 Å². The fourth-order valence-corrected chi connectivity index (χ4v) is 2.94. The molecule has 0 fully saturated rings. The van der Waals surface area contributed by atoms with Crippen molar-refractivity contribution in [3.05, 3.63) is 90.4 Å². The number of aryl methyl sites for hydroxylation is 2. The fraction of sp³-hybridized carbons (Fsp3) is 0.0833. The molecule has 2 heterocycles. The maximum atomic E-state index is 12.2. The summed E-state index contributed by atoms with van der Waals surface area (Å²) in [6, 6.07) is 20.3. The summed E-state index contributed by atoms with van der Waals surface area (Å²) in [4.78, 5) is 25.0. The molecule has 0 spiro atoms. The number of amides is 2. The summed E-state index contributed by atoms with van der Waals surface area (Å²) in [5.41, 5.74) is 4.48. The molecule has 32 heavy (non-hydrogen) atoms. The van der Waals surface area contributed by atoms with Crippen LogP contribution < -0.4 is 21.3 Å². The third kappa shape index (κ3) is 5.79. The quantitative estimate of drug-likeness (QED) is 0.320. The highest BCUT2D eigenvalue weighted by molar-refractivity contribution is 5.99. The van der Waals surface area contributed by atoms with E-state index < -0.39 is 0 Å². The highest BCUT2D eigenvalue weighted by atomic mass is 16.2. The molecule has 0 saturated heterocycles. The number of urea groups is 1. The van der Waals surface area contributed by atoms with Crippen LogP contribution in [0, 0.1) is 13.8 Å². The normalized spacial score (nSPS) is 10.3. The Bertz CT molecular complexity index is 1210. The Morgan fingerprint density at radius 1 is 0.625 bits per heavy atom. The molecule has 0 bridgehead atoms. The van der Waals surface area contributed by atoms with Crippen molar-refractivity contribution in [1.29, 1.82) is 0 Å². The molecule has 0 aliphatic rings. The van der Waals surface area contributed by atoms with Gasteiger partial charge in [-0.1, -0.05) is 17.7 Å². The zero-order chi connectivity index (χ0) is 22.3. The summed E-state index contributed by atoms with van der Waals surface area (Å²) in [7, 11) is 0. The minimum atomic E-state index is -0.300. The Balaban J connectivity index is 1.35. The number of hydrogen-bond acceptors (Lipinski definition) is 6. The molecule has 0 aliphatic heterocycles. The van der Waals surface area contributed by atoms with Crippen molar-refractivity contribution in [2.45, 2.75) is 13.8 Å². The number of rotatable bonds is 6. The van der Waals surface area contributed by atoms with Gasteiger partial charge < -0.3 is 21.3 Å². The average Bonchev–Trinajstić information content (AvgIpc) is 2.77. The molecule has 2 aromatic carbocycles. The first-order valence-electron chi connectivity index (χ1n) is 10.1. The largest absolute Gasteiger partial charge is 0.340 e. The lowest BCUT2D eigenvalue weighted by atomic mass is 10.2. The molecule has 8 heteroatoms. The van der Waals surface area contributed by atoms with Gasteiger partial charge in [0.25, 0.3) is 0 Å². The second-order valence-electron chi connectivity index (χ2n) is 7.28. The predicted molar refractivity (Wildman–Crippen MR) is 128 cm³/mol. The van der Waals surface area contributed by atoms with E-state index in [0.29, 0.717) is 23.1 Å². The van der Waals surface area contributed by atoms with Crippen LogP contribution in [-0.2, 0) is 0 Å². The number of carbonyl (C=O) groups is 1. The first-order valence-corrected chi connectivity index (χ1v) is 10.1. The van der Waals surface area contributed by atoms with Gasteiger partial charge in [0, 0.05) is 29.3 Å². The van der Waals surface area contributed by atoms with Crippen molar-refractivity contribution in [3.8, 4) is 0 Å². The Labute approximate surface area is 186 Å². The molecule has 0 saturated carbocycles. The van der Waals surface area contributed by atoms with Crippen LogP contribution in [0.25, 0.3) is 0 Å². The van der Waals surface area contributed by atoms with Gasteiger partial charge in [-0.2, -0.15) is 0 Å². The molecule has 2 aromatic heterocycles. The van der Waals surface area contributed by atoms with Crippen molar-refractivity contribution < 1.29 is 4.79 Å². The van der Waals surface area contributed by atoms with Crippen molar-refractivity contribution in [2.24, 2.45) is 0 Å². The van der Waals surface area contributed by atoms with E-state index in [4.69, 9.17) is 0 Å². The average molecular weight is 425 g/mol. The van der Waals surface area contributed by atoms with Crippen molar-refractivity contribution in [2.75, 3.05) is 21.3 Å². The van der Waals surface area contributed by atoms with Crippen LogP contribution in [0.4, 0.5) is 39.3 Å². The summed E-state index contributed by atoms with van der Waals surface area (Å²) in [6.45, 7) is 4.00. The lowest BCUT2D eigenvalue weighted by molar-refractivity contribution is 0.262. The Hall–Kier alpha value is -4.46. The summed E-state index contributed by atoms with van der Waals surface area (Å²) in [5.74, 6) is 1.98. The number of hydrogen-bond donors (Lipinski definition) is 4. The highest BCUT2D eigenvalue weighted by Crippen LogP contribution is 2.20. The van der Waals surface area contributed by atoms with Crippen molar-refractivity contribution in [3.63, 3.8) is 0 Å². The molecule has 0 unspecified atom stereocenters. The monoisotopic (exact) mass is 425 g/mol. The van der Waals surface area contributed by atoms with Crippen LogP contribution in [0.3, 0.4) is 0 Å². The smallest absolute Gasteiger partial charge is 0.323 e. The van der Waals surface area contributed by atoms with Crippen molar-refractivity contribution in [1.82, 2.24) is 15.0 Å². The minimum Gasteiger partial charge on any atom is -0.340 e. The first kappa shape index (κ1) is 20.8. The van der Waals surface area contributed by atoms with Crippen LogP contribution >= 0.6 is 0 Å². The molecule has 8 nitrogen and oxygen atoms in total. The summed E-state index contributed by atoms with van der Waals surface area (Å²) >= 11 is 0.